The van der Waals surface area contributed by atoms with Crippen molar-refractivity contribution in [3.63, 3.8) is 0 Å². The van der Waals surface area contributed by atoms with E-state index in [0.29, 0.717) is 36.2 Å². The van der Waals surface area contributed by atoms with E-state index < -0.39 is 0 Å². The molecule has 0 unspecified atom stereocenters. The molecule has 4 rings (SSSR count). The zero-order valence-electron chi connectivity index (χ0n) is 23.0. The highest BCUT2D eigenvalue weighted by Gasteiger charge is 2.34. The SMILES string of the molecule is COc1cccc(NC(=O)NC[C@@H]2C=C(C)[C@H](CC(=O)N3CCN(c4ccccn4)CC3)C[C@H]2C(C)C)c1. The first-order valence-corrected chi connectivity index (χ1v) is 13.6. The molecule has 2 aromatic rings. The Morgan fingerprint density at radius 1 is 1.11 bits per heavy atom. The van der Waals surface area contributed by atoms with Gasteiger partial charge in [0, 0.05) is 57.1 Å². The van der Waals surface area contributed by atoms with E-state index in [4.69, 9.17) is 4.74 Å². The third-order valence-corrected chi connectivity index (χ3v) is 7.94. The second-order valence-corrected chi connectivity index (χ2v) is 10.7. The van der Waals surface area contributed by atoms with Crippen molar-refractivity contribution in [1.82, 2.24) is 15.2 Å². The van der Waals surface area contributed by atoms with Gasteiger partial charge in [-0.05, 0) is 61.3 Å². The van der Waals surface area contributed by atoms with Crippen LogP contribution in [0.5, 0.6) is 5.75 Å². The van der Waals surface area contributed by atoms with Crippen LogP contribution in [0.3, 0.4) is 0 Å². The number of pyridine rings is 1. The number of aromatic nitrogens is 1. The van der Waals surface area contributed by atoms with Crippen molar-refractivity contribution in [1.29, 1.82) is 0 Å². The molecule has 0 radical (unpaired) electrons. The highest BCUT2D eigenvalue weighted by atomic mass is 16.5. The lowest BCUT2D eigenvalue weighted by molar-refractivity contribution is -0.132. The van der Waals surface area contributed by atoms with E-state index in [0.717, 1.165) is 38.4 Å². The van der Waals surface area contributed by atoms with Crippen molar-refractivity contribution in [2.45, 2.75) is 33.6 Å². The van der Waals surface area contributed by atoms with E-state index >= 15 is 0 Å². The van der Waals surface area contributed by atoms with E-state index in [-0.39, 0.29) is 23.8 Å². The van der Waals surface area contributed by atoms with Gasteiger partial charge in [-0.2, -0.15) is 0 Å². The molecule has 1 aliphatic carbocycles. The maximum absolute atomic E-state index is 13.2. The van der Waals surface area contributed by atoms with Crippen molar-refractivity contribution < 1.29 is 14.3 Å². The Kier molecular flexibility index (Phi) is 9.26. The van der Waals surface area contributed by atoms with Crippen LogP contribution in [-0.2, 0) is 4.79 Å². The molecule has 1 aliphatic heterocycles. The summed E-state index contributed by atoms with van der Waals surface area (Å²) in [6.45, 7) is 10.2. The number of nitrogens with zero attached hydrogens (tertiary/aromatic N) is 3. The molecule has 1 aromatic heterocycles. The van der Waals surface area contributed by atoms with Crippen molar-refractivity contribution in [2.75, 3.05) is 50.1 Å². The topological polar surface area (TPSA) is 86.8 Å². The van der Waals surface area contributed by atoms with E-state index in [9.17, 15) is 9.59 Å². The highest BCUT2D eigenvalue weighted by Crippen LogP contribution is 2.39. The van der Waals surface area contributed by atoms with Crippen LogP contribution in [0.4, 0.5) is 16.3 Å². The van der Waals surface area contributed by atoms with Gasteiger partial charge in [0.2, 0.25) is 5.91 Å². The van der Waals surface area contributed by atoms with Gasteiger partial charge in [-0.25, -0.2) is 9.78 Å². The van der Waals surface area contributed by atoms with E-state index in [2.05, 4.69) is 47.4 Å². The molecular weight excluding hydrogens is 478 g/mol. The van der Waals surface area contributed by atoms with Crippen LogP contribution >= 0.6 is 0 Å². The maximum atomic E-state index is 13.2. The quantitative estimate of drug-likeness (QED) is 0.489. The fourth-order valence-corrected chi connectivity index (χ4v) is 5.66. The fourth-order valence-electron chi connectivity index (χ4n) is 5.66. The Balaban J connectivity index is 1.30. The molecule has 2 aliphatic rings. The lowest BCUT2D eigenvalue weighted by Crippen LogP contribution is -2.49. The van der Waals surface area contributed by atoms with Gasteiger partial charge in [0.15, 0.2) is 0 Å². The summed E-state index contributed by atoms with van der Waals surface area (Å²) in [5.74, 6) is 3.23. The first-order chi connectivity index (χ1) is 18.3. The largest absolute Gasteiger partial charge is 0.497 e. The second kappa shape index (κ2) is 12.8. The minimum absolute atomic E-state index is 0.228. The Labute approximate surface area is 226 Å². The summed E-state index contributed by atoms with van der Waals surface area (Å²) < 4.78 is 5.23. The van der Waals surface area contributed by atoms with Crippen LogP contribution in [0, 0.1) is 23.7 Å². The lowest BCUT2D eigenvalue weighted by atomic mass is 9.69. The van der Waals surface area contributed by atoms with Crippen LogP contribution in [0.2, 0.25) is 0 Å². The van der Waals surface area contributed by atoms with Gasteiger partial charge < -0.3 is 25.2 Å². The summed E-state index contributed by atoms with van der Waals surface area (Å²) in [5.41, 5.74) is 1.94. The van der Waals surface area contributed by atoms with Crippen LogP contribution in [-0.4, -0.2) is 61.7 Å². The molecule has 1 aromatic carbocycles. The van der Waals surface area contributed by atoms with Gasteiger partial charge >= 0.3 is 6.03 Å². The summed E-state index contributed by atoms with van der Waals surface area (Å²) in [4.78, 5) is 34.5. The minimum atomic E-state index is -0.228. The number of carbonyl (C=O) groups excluding carboxylic acids is 2. The molecule has 8 heteroatoms. The molecule has 8 nitrogen and oxygen atoms in total. The number of anilines is 2. The van der Waals surface area contributed by atoms with Crippen molar-refractivity contribution in [3.05, 3.63) is 60.3 Å². The first kappa shape index (κ1) is 27.5. The van der Waals surface area contributed by atoms with Gasteiger partial charge in [-0.1, -0.05) is 37.6 Å². The third kappa shape index (κ3) is 7.05. The van der Waals surface area contributed by atoms with Crippen LogP contribution in [0.1, 0.15) is 33.6 Å². The Morgan fingerprint density at radius 3 is 2.58 bits per heavy atom. The highest BCUT2D eigenvalue weighted by molar-refractivity contribution is 5.89. The number of nitrogens with one attached hydrogen (secondary N) is 2. The number of benzene rings is 1. The molecule has 1 saturated heterocycles. The third-order valence-electron chi connectivity index (χ3n) is 7.94. The van der Waals surface area contributed by atoms with Crippen molar-refractivity contribution in [2.24, 2.45) is 23.7 Å². The van der Waals surface area contributed by atoms with Gasteiger partial charge in [0.25, 0.3) is 0 Å². The summed E-state index contributed by atoms with van der Waals surface area (Å²) in [7, 11) is 1.60. The van der Waals surface area contributed by atoms with Gasteiger partial charge in [0.1, 0.15) is 11.6 Å². The number of urea groups is 1. The zero-order valence-corrected chi connectivity index (χ0v) is 23.0. The minimum Gasteiger partial charge on any atom is -0.497 e. The van der Waals surface area contributed by atoms with Crippen LogP contribution < -0.4 is 20.3 Å². The number of ether oxygens (including phenoxy) is 1. The summed E-state index contributed by atoms with van der Waals surface area (Å²) in [5, 5.41) is 5.94. The first-order valence-electron chi connectivity index (χ1n) is 13.6. The van der Waals surface area contributed by atoms with E-state index in [1.165, 1.54) is 5.57 Å². The average molecular weight is 520 g/mol. The summed E-state index contributed by atoms with van der Waals surface area (Å²) >= 11 is 0. The maximum Gasteiger partial charge on any atom is 0.319 e. The molecule has 1 fully saturated rings. The molecule has 2 N–H and O–H groups in total. The number of carbonyl (C=O) groups is 2. The molecule has 0 saturated carbocycles. The normalized spacial score (nSPS) is 21.6. The monoisotopic (exact) mass is 519 g/mol. The molecule has 3 atom stereocenters. The molecule has 3 amide bonds. The molecule has 204 valence electrons. The van der Waals surface area contributed by atoms with Crippen LogP contribution in [0.25, 0.3) is 0 Å². The second-order valence-electron chi connectivity index (χ2n) is 10.7. The molecule has 2 heterocycles. The number of amides is 3. The zero-order chi connectivity index (χ0) is 27.1. The van der Waals surface area contributed by atoms with Gasteiger partial charge in [0.05, 0.1) is 7.11 Å². The summed E-state index contributed by atoms with van der Waals surface area (Å²) in [6, 6.07) is 13.0. The number of hydrogen-bond acceptors (Lipinski definition) is 5. The molecule has 38 heavy (non-hydrogen) atoms. The number of rotatable bonds is 8. The number of hydrogen-bond donors (Lipinski definition) is 2. The molecular formula is C30H41N5O3. The predicted octanol–water partition coefficient (Wildman–Crippen LogP) is 4.81. The lowest BCUT2D eigenvalue weighted by Gasteiger charge is -2.39. The number of allylic oxidation sites excluding steroid dienone is 1. The Bertz CT molecular complexity index is 1110. The van der Waals surface area contributed by atoms with E-state index in [1.54, 1.807) is 13.2 Å². The van der Waals surface area contributed by atoms with Gasteiger partial charge in [-0.3, -0.25) is 4.79 Å². The van der Waals surface area contributed by atoms with Gasteiger partial charge in [-0.15, -0.1) is 0 Å². The standard InChI is InChI=1S/C30H41N5O3/c1-21(2)27-17-23(18-29(36)35-14-12-34(13-15-35)28-10-5-6-11-31-28)22(3)16-24(27)20-32-30(37)33-25-8-7-9-26(19-25)38-4/h5-11,16,19,21,23-24,27H,12-15,17-18,20H2,1-4H3,(H2,32,33,37)/t23-,24-,27-/m0/s1. The predicted molar refractivity (Wildman–Crippen MR) is 151 cm³/mol. The van der Waals surface area contributed by atoms with E-state index in [1.807, 2.05) is 47.5 Å². The average Bonchev–Trinajstić information content (AvgIpc) is 2.93. The number of methoxy groups -OCH3 is 1. The van der Waals surface area contributed by atoms with Crippen LogP contribution in [0.15, 0.2) is 60.3 Å². The Hall–Kier alpha value is -3.55. The van der Waals surface area contributed by atoms with Crippen molar-refractivity contribution >= 4 is 23.4 Å². The molecule has 0 spiro atoms. The summed E-state index contributed by atoms with van der Waals surface area (Å²) in [6.07, 6.45) is 5.61. The molecule has 0 bridgehead atoms. The fraction of sp³-hybridized carbons (Fsp3) is 0.500. The number of piperazine rings is 1. The van der Waals surface area contributed by atoms with Crippen molar-refractivity contribution in [3.8, 4) is 5.75 Å². The smallest absolute Gasteiger partial charge is 0.319 e. The Morgan fingerprint density at radius 2 is 1.89 bits per heavy atom.